The van der Waals surface area contributed by atoms with Crippen LogP contribution in [-0.2, 0) is 4.74 Å². The first-order chi connectivity index (χ1) is 14.7. The number of aliphatic hydroxyl groups excluding tert-OH is 1. The van der Waals surface area contributed by atoms with Crippen LogP contribution in [-0.4, -0.2) is 27.7 Å². The number of carbonyl (C=O) groups is 1. The summed E-state index contributed by atoms with van der Waals surface area (Å²) in [6.07, 6.45) is 0. The van der Waals surface area contributed by atoms with Crippen LogP contribution in [0.25, 0.3) is 27.7 Å². The van der Waals surface area contributed by atoms with Gasteiger partial charge < -0.3 is 14.8 Å². The van der Waals surface area contributed by atoms with Crippen molar-refractivity contribution in [2.45, 2.75) is 0 Å². The fourth-order valence-corrected chi connectivity index (χ4v) is 3.04. The van der Waals surface area contributed by atoms with Crippen LogP contribution in [0, 0.1) is 11.3 Å². The first-order valence-corrected chi connectivity index (χ1v) is 9.25. The van der Waals surface area contributed by atoms with E-state index < -0.39 is 12.6 Å². The Kier molecular flexibility index (Phi) is 5.27. The predicted molar refractivity (Wildman–Crippen MR) is 113 cm³/mol. The average molecular weight is 395 g/mol. The smallest absolute Gasteiger partial charge is 0.338 e. The van der Waals surface area contributed by atoms with Gasteiger partial charge in [0, 0.05) is 0 Å². The number of aromatic nitrogens is 2. The number of nitrogens with zero attached hydrogens (tertiary/aromatic N) is 2. The number of aliphatic hydroxyl groups is 1. The largest absolute Gasteiger partial charge is 0.507 e. The Labute approximate surface area is 172 Å². The van der Waals surface area contributed by atoms with Crippen molar-refractivity contribution in [1.29, 1.82) is 5.26 Å². The lowest BCUT2D eigenvalue weighted by Gasteiger charge is -2.07. The summed E-state index contributed by atoms with van der Waals surface area (Å²) >= 11 is 0. The third-order valence-electron chi connectivity index (χ3n) is 4.59. The summed E-state index contributed by atoms with van der Waals surface area (Å²) in [4.78, 5) is 19.6. The third kappa shape index (κ3) is 3.91. The van der Waals surface area contributed by atoms with Crippen LogP contribution in [0.1, 0.15) is 16.2 Å². The van der Waals surface area contributed by atoms with E-state index in [1.165, 1.54) is 0 Å². The predicted octanol–water partition coefficient (Wildman–Crippen LogP) is 4.88. The molecule has 0 aliphatic rings. The number of ether oxygens (including phenoxy) is 1. The van der Waals surface area contributed by atoms with E-state index in [2.05, 4.69) is 9.97 Å². The highest BCUT2D eigenvalue weighted by molar-refractivity contribution is 5.90. The summed E-state index contributed by atoms with van der Waals surface area (Å²) in [5.41, 5.74) is 3.71. The zero-order valence-electron chi connectivity index (χ0n) is 15.9. The highest BCUT2D eigenvalue weighted by Gasteiger charge is 2.15. The van der Waals surface area contributed by atoms with Gasteiger partial charge in [-0.05, 0) is 35.4 Å². The molecule has 0 atom stereocenters. The molecule has 0 bridgehead atoms. The lowest BCUT2D eigenvalue weighted by atomic mass is 10.0. The molecule has 2 N–H and O–H groups in total. The molecule has 0 aliphatic heterocycles. The Hall–Kier alpha value is -4.37. The number of imidazole rings is 1. The molecule has 0 radical (unpaired) electrons. The van der Waals surface area contributed by atoms with E-state index in [9.17, 15) is 15.2 Å². The van der Waals surface area contributed by atoms with Crippen LogP contribution in [0.2, 0.25) is 0 Å². The molecule has 0 spiro atoms. The van der Waals surface area contributed by atoms with E-state index in [0.29, 0.717) is 11.1 Å². The van der Waals surface area contributed by atoms with Crippen molar-refractivity contribution in [2.75, 3.05) is 6.61 Å². The minimum Gasteiger partial charge on any atom is -0.507 e. The highest BCUT2D eigenvalue weighted by Crippen LogP contribution is 2.21. The Morgan fingerprint density at radius 2 is 1.63 bits per heavy atom. The number of benzene rings is 3. The second-order valence-corrected chi connectivity index (χ2v) is 6.56. The Balaban J connectivity index is 1.47. The van der Waals surface area contributed by atoms with Gasteiger partial charge in [-0.2, -0.15) is 5.26 Å². The van der Waals surface area contributed by atoms with Gasteiger partial charge in [0.25, 0.3) is 0 Å². The number of rotatable bonds is 5. The van der Waals surface area contributed by atoms with Crippen molar-refractivity contribution in [3.05, 3.63) is 96.0 Å². The van der Waals surface area contributed by atoms with E-state index in [1.807, 2.05) is 66.7 Å². The van der Waals surface area contributed by atoms with Gasteiger partial charge in [-0.1, -0.05) is 54.6 Å². The summed E-state index contributed by atoms with van der Waals surface area (Å²) in [5.74, 6) is -0.742. The van der Waals surface area contributed by atoms with Gasteiger partial charge in [-0.15, -0.1) is 0 Å². The molecule has 3 aromatic carbocycles. The average Bonchev–Trinajstić information content (AvgIpc) is 3.22. The van der Waals surface area contributed by atoms with Crippen molar-refractivity contribution < 1.29 is 14.6 Å². The number of hydrogen-bond acceptors (Lipinski definition) is 5. The molecule has 4 rings (SSSR count). The fourth-order valence-electron chi connectivity index (χ4n) is 3.04. The number of H-pyrrole nitrogens is 1. The molecule has 30 heavy (non-hydrogen) atoms. The number of fused-ring (bicyclic) bond motifs is 1. The van der Waals surface area contributed by atoms with Gasteiger partial charge in [-0.25, -0.2) is 9.78 Å². The standard InChI is InChI=1S/C24H17N3O3/c25-14-19(23-26-20-8-4-5-9-21(20)27-23)22(28)15-30-24(29)18-12-10-17(11-13-18)16-6-2-1-3-7-16/h1-13,28H,15H2,(H,26,27)/b22-19-. The van der Waals surface area contributed by atoms with Crippen molar-refractivity contribution in [3.63, 3.8) is 0 Å². The lowest BCUT2D eigenvalue weighted by Crippen LogP contribution is -2.09. The summed E-state index contributed by atoms with van der Waals surface area (Å²) in [6.45, 7) is -0.431. The fraction of sp³-hybridized carbons (Fsp3) is 0.0417. The number of hydrogen-bond donors (Lipinski definition) is 2. The lowest BCUT2D eigenvalue weighted by molar-refractivity contribution is 0.0503. The molecule has 146 valence electrons. The monoisotopic (exact) mass is 395 g/mol. The SMILES string of the molecule is N#C/C(=C(/O)COC(=O)c1ccc(-c2ccccc2)cc1)c1nc2ccccc2[nH]1. The number of nitriles is 1. The maximum absolute atomic E-state index is 12.3. The van der Waals surface area contributed by atoms with E-state index in [-0.39, 0.29) is 17.2 Å². The topological polar surface area (TPSA) is 99.0 Å². The Morgan fingerprint density at radius 1 is 0.967 bits per heavy atom. The van der Waals surface area contributed by atoms with Crippen LogP contribution in [0.3, 0.4) is 0 Å². The first-order valence-electron chi connectivity index (χ1n) is 9.25. The molecule has 1 aromatic heterocycles. The number of nitrogens with one attached hydrogen (secondary N) is 1. The van der Waals surface area contributed by atoms with Crippen molar-refractivity contribution >= 4 is 22.6 Å². The Bertz CT molecular complexity index is 1230. The van der Waals surface area contributed by atoms with Crippen LogP contribution >= 0.6 is 0 Å². The zero-order chi connectivity index (χ0) is 20.9. The molecule has 6 heteroatoms. The summed E-state index contributed by atoms with van der Waals surface area (Å²) < 4.78 is 5.17. The van der Waals surface area contributed by atoms with Crippen molar-refractivity contribution in [3.8, 4) is 17.2 Å². The molecule has 1 heterocycles. The zero-order valence-corrected chi connectivity index (χ0v) is 15.9. The number of allylic oxidation sites excluding steroid dienone is 1. The summed E-state index contributed by atoms with van der Waals surface area (Å²) in [6, 6.07) is 26.0. The molecule has 0 saturated heterocycles. The van der Waals surface area contributed by atoms with E-state index >= 15 is 0 Å². The third-order valence-corrected chi connectivity index (χ3v) is 4.59. The maximum atomic E-state index is 12.3. The molecule has 6 nitrogen and oxygen atoms in total. The van der Waals surface area contributed by atoms with Crippen molar-refractivity contribution in [2.24, 2.45) is 0 Å². The van der Waals surface area contributed by atoms with Crippen molar-refractivity contribution in [1.82, 2.24) is 9.97 Å². The number of esters is 1. The summed E-state index contributed by atoms with van der Waals surface area (Å²) in [7, 11) is 0. The van der Waals surface area contributed by atoms with Gasteiger partial charge in [-0.3, -0.25) is 0 Å². The normalized spacial score (nSPS) is 11.6. The molecular weight excluding hydrogens is 378 g/mol. The molecule has 0 unspecified atom stereocenters. The molecular formula is C24H17N3O3. The molecule has 0 fully saturated rings. The van der Waals surface area contributed by atoms with Crippen LogP contribution in [0.4, 0.5) is 0 Å². The second kappa shape index (κ2) is 8.33. The molecule has 0 amide bonds. The van der Waals surface area contributed by atoms with Gasteiger partial charge in [0.05, 0.1) is 16.6 Å². The quantitative estimate of drug-likeness (QED) is 0.285. The Morgan fingerprint density at radius 3 is 2.33 bits per heavy atom. The first kappa shape index (κ1) is 19.0. The van der Waals surface area contributed by atoms with E-state index in [4.69, 9.17) is 4.74 Å². The van der Waals surface area contributed by atoms with Gasteiger partial charge in [0.15, 0.2) is 11.6 Å². The minimum atomic E-state index is -0.594. The molecule has 0 saturated carbocycles. The highest BCUT2D eigenvalue weighted by atomic mass is 16.5. The van der Waals surface area contributed by atoms with Gasteiger partial charge in [0.2, 0.25) is 0 Å². The second-order valence-electron chi connectivity index (χ2n) is 6.56. The number of para-hydroxylation sites is 2. The van der Waals surface area contributed by atoms with E-state index in [0.717, 1.165) is 16.6 Å². The van der Waals surface area contributed by atoms with Gasteiger partial charge in [0.1, 0.15) is 18.2 Å². The van der Waals surface area contributed by atoms with Crippen LogP contribution in [0.5, 0.6) is 0 Å². The van der Waals surface area contributed by atoms with Crippen LogP contribution < -0.4 is 0 Å². The molecule has 0 aliphatic carbocycles. The summed E-state index contributed by atoms with van der Waals surface area (Å²) in [5, 5.41) is 19.7. The van der Waals surface area contributed by atoms with Gasteiger partial charge >= 0.3 is 5.97 Å². The van der Waals surface area contributed by atoms with E-state index in [1.54, 1.807) is 18.2 Å². The minimum absolute atomic E-state index is 0.0709. The van der Waals surface area contributed by atoms with Crippen LogP contribution in [0.15, 0.2) is 84.6 Å². The molecule has 4 aromatic rings. The maximum Gasteiger partial charge on any atom is 0.338 e. The number of carbonyl (C=O) groups excluding carboxylic acids is 1. The number of aromatic amines is 1.